The number of hydrogen-bond donors (Lipinski definition) is 0. The predicted molar refractivity (Wildman–Crippen MR) is 97.5 cm³/mol. The predicted octanol–water partition coefficient (Wildman–Crippen LogP) is 2.96. The minimum atomic E-state index is -1.02. The van der Waals surface area contributed by atoms with E-state index in [1.807, 2.05) is 0 Å². The molecule has 1 aromatic carbocycles. The van der Waals surface area contributed by atoms with Crippen molar-refractivity contribution in [2.45, 2.75) is 26.7 Å². The Kier molecular flexibility index (Phi) is 6.24. The van der Waals surface area contributed by atoms with Crippen LogP contribution in [0, 0.1) is 15.0 Å². The molecule has 1 aromatic rings. The Morgan fingerprint density at radius 3 is 2.32 bits per heavy atom. The highest BCUT2D eigenvalue weighted by atomic mass is 16.6. The van der Waals surface area contributed by atoms with Crippen molar-refractivity contribution >= 4 is 17.6 Å². The smallest absolute Gasteiger partial charge is 0.336 e. The normalized spacial score (nSPS) is 16.7. The Labute approximate surface area is 160 Å². The minimum absolute atomic E-state index is 0.0204. The Morgan fingerprint density at radius 1 is 1.21 bits per heavy atom. The summed E-state index contributed by atoms with van der Waals surface area (Å²) in [6.45, 7) is 4.62. The highest BCUT2D eigenvalue weighted by Crippen LogP contribution is 2.43. The van der Waals surface area contributed by atoms with Crippen LogP contribution in [0.4, 0.5) is 5.69 Å². The first-order valence-electron chi connectivity index (χ1n) is 8.33. The number of allylic oxidation sites excluding steroid dienone is 2. The van der Waals surface area contributed by atoms with E-state index >= 15 is 0 Å². The largest absolute Gasteiger partial charge is 0.466 e. The molecule has 1 aliphatic heterocycles. The molecule has 10 heteroatoms. The summed E-state index contributed by atoms with van der Waals surface area (Å²) in [5.41, 5.74) is 0.362. The lowest BCUT2D eigenvalue weighted by Gasteiger charge is -2.33. The molecule has 1 heterocycles. The van der Waals surface area contributed by atoms with Gasteiger partial charge >= 0.3 is 11.9 Å². The zero-order valence-corrected chi connectivity index (χ0v) is 15.8. The monoisotopic (exact) mass is 389 g/mol. The average Bonchev–Trinajstić information content (AvgIpc) is 2.67. The first-order valence-corrected chi connectivity index (χ1v) is 8.33. The van der Waals surface area contributed by atoms with Gasteiger partial charge in [0.2, 0.25) is 0 Å². The van der Waals surface area contributed by atoms with Crippen LogP contribution in [0.25, 0.3) is 0 Å². The standard InChI is InChI=1S/C18H19N3O7/c1-5-28-18(23)15-11(3)20(19-24)10(2)14(17(22)27-4)16(15)12-7-6-8-13(9-12)21(25)26/h6-9,16H,5H2,1-4H3. The molecule has 0 radical (unpaired) electrons. The van der Waals surface area contributed by atoms with Gasteiger partial charge < -0.3 is 9.47 Å². The van der Waals surface area contributed by atoms with E-state index in [4.69, 9.17) is 9.47 Å². The Balaban J connectivity index is 2.82. The second-order valence-electron chi connectivity index (χ2n) is 5.89. The van der Waals surface area contributed by atoms with Gasteiger partial charge in [-0.3, -0.25) is 10.1 Å². The summed E-state index contributed by atoms with van der Waals surface area (Å²) in [5, 5.41) is 15.0. The van der Waals surface area contributed by atoms with Crippen LogP contribution in [0.2, 0.25) is 0 Å². The second kappa shape index (κ2) is 8.42. The van der Waals surface area contributed by atoms with Crippen LogP contribution in [-0.4, -0.2) is 35.6 Å². The van der Waals surface area contributed by atoms with Crippen molar-refractivity contribution in [3.8, 4) is 0 Å². The molecular weight excluding hydrogens is 370 g/mol. The Bertz CT molecular complexity index is 904. The number of esters is 2. The molecule has 1 aliphatic rings. The van der Waals surface area contributed by atoms with E-state index in [-0.39, 0.29) is 34.8 Å². The molecule has 0 aromatic heterocycles. The lowest BCUT2D eigenvalue weighted by Crippen LogP contribution is -2.32. The Morgan fingerprint density at radius 2 is 1.82 bits per heavy atom. The van der Waals surface area contributed by atoms with Gasteiger partial charge in [-0.2, -0.15) is 0 Å². The number of carbonyl (C=O) groups excluding carboxylic acids is 2. The maximum absolute atomic E-state index is 12.7. The van der Waals surface area contributed by atoms with Crippen molar-refractivity contribution in [3.05, 3.63) is 67.4 Å². The molecule has 0 fully saturated rings. The van der Waals surface area contributed by atoms with E-state index in [9.17, 15) is 24.6 Å². The van der Waals surface area contributed by atoms with Gasteiger partial charge in [0, 0.05) is 12.1 Å². The fraction of sp³-hybridized carbons (Fsp3) is 0.333. The maximum atomic E-state index is 12.7. The molecule has 10 nitrogen and oxygen atoms in total. The molecule has 0 bridgehead atoms. The summed E-state index contributed by atoms with van der Waals surface area (Å²) in [6, 6.07) is 5.54. The number of nitrogens with zero attached hydrogens (tertiary/aromatic N) is 3. The van der Waals surface area contributed by atoms with Crippen molar-refractivity contribution in [2.75, 3.05) is 13.7 Å². The third kappa shape index (κ3) is 3.61. The lowest BCUT2D eigenvalue weighted by molar-refractivity contribution is -0.384. The highest BCUT2D eigenvalue weighted by Gasteiger charge is 2.41. The molecule has 28 heavy (non-hydrogen) atoms. The van der Waals surface area contributed by atoms with Gasteiger partial charge in [-0.1, -0.05) is 12.1 Å². The number of non-ortho nitro benzene ring substituents is 1. The van der Waals surface area contributed by atoms with E-state index < -0.39 is 22.8 Å². The third-order valence-electron chi connectivity index (χ3n) is 4.39. The van der Waals surface area contributed by atoms with Crippen LogP contribution in [0.15, 0.2) is 52.1 Å². The van der Waals surface area contributed by atoms with Gasteiger partial charge in [0.05, 0.1) is 52.4 Å². The number of nitroso groups, excluding NO2 is 1. The number of methoxy groups -OCH3 is 1. The molecule has 0 aliphatic carbocycles. The van der Waals surface area contributed by atoms with Crippen molar-refractivity contribution in [1.29, 1.82) is 0 Å². The van der Waals surface area contributed by atoms with E-state index in [1.165, 1.54) is 32.0 Å². The van der Waals surface area contributed by atoms with Crippen molar-refractivity contribution in [2.24, 2.45) is 5.29 Å². The first kappa shape index (κ1) is 20.7. The number of nitro groups is 1. The molecule has 1 atom stereocenters. The topological polar surface area (TPSA) is 128 Å². The van der Waals surface area contributed by atoms with Crippen LogP contribution in [0.3, 0.4) is 0 Å². The number of benzene rings is 1. The fourth-order valence-corrected chi connectivity index (χ4v) is 3.17. The molecular formula is C18H19N3O7. The summed E-state index contributed by atoms with van der Waals surface area (Å²) in [7, 11) is 1.15. The third-order valence-corrected chi connectivity index (χ3v) is 4.39. The average molecular weight is 389 g/mol. The van der Waals surface area contributed by atoms with Crippen LogP contribution >= 0.6 is 0 Å². The summed E-state index contributed by atoms with van der Waals surface area (Å²) in [6.07, 6.45) is 0. The molecule has 2 rings (SSSR count). The van der Waals surface area contributed by atoms with Crippen molar-refractivity contribution < 1.29 is 24.0 Å². The summed E-state index contributed by atoms with van der Waals surface area (Å²) < 4.78 is 9.93. The van der Waals surface area contributed by atoms with E-state index in [0.29, 0.717) is 5.56 Å². The molecule has 0 amide bonds. The van der Waals surface area contributed by atoms with Crippen molar-refractivity contribution in [3.63, 3.8) is 0 Å². The van der Waals surface area contributed by atoms with Crippen LogP contribution in [-0.2, 0) is 19.1 Å². The number of carbonyl (C=O) groups is 2. The van der Waals surface area contributed by atoms with Gasteiger partial charge in [-0.05, 0) is 26.3 Å². The van der Waals surface area contributed by atoms with Crippen LogP contribution in [0.5, 0.6) is 0 Å². The van der Waals surface area contributed by atoms with E-state index in [0.717, 1.165) is 12.1 Å². The van der Waals surface area contributed by atoms with Gasteiger partial charge in [0.15, 0.2) is 0 Å². The number of rotatable bonds is 6. The van der Waals surface area contributed by atoms with Gasteiger partial charge in [-0.25, -0.2) is 14.6 Å². The molecule has 0 saturated heterocycles. The summed E-state index contributed by atoms with van der Waals surface area (Å²) in [4.78, 5) is 47.2. The molecule has 148 valence electrons. The fourth-order valence-electron chi connectivity index (χ4n) is 3.17. The molecule has 1 unspecified atom stereocenters. The van der Waals surface area contributed by atoms with Crippen LogP contribution < -0.4 is 0 Å². The minimum Gasteiger partial charge on any atom is -0.466 e. The highest BCUT2D eigenvalue weighted by molar-refractivity contribution is 5.99. The molecule has 0 N–H and O–H groups in total. The second-order valence-corrected chi connectivity index (χ2v) is 5.89. The lowest BCUT2D eigenvalue weighted by atomic mass is 9.80. The number of hydrogen-bond acceptors (Lipinski definition) is 8. The summed E-state index contributed by atoms with van der Waals surface area (Å²) >= 11 is 0. The molecule has 0 spiro atoms. The van der Waals surface area contributed by atoms with E-state index in [1.54, 1.807) is 13.0 Å². The number of nitro benzene ring substituents is 1. The zero-order valence-electron chi connectivity index (χ0n) is 15.8. The van der Waals surface area contributed by atoms with E-state index in [2.05, 4.69) is 5.29 Å². The van der Waals surface area contributed by atoms with Crippen molar-refractivity contribution in [1.82, 2.24) is 5.01 Å². The first-order chi connectivity index (χ1) is 13.3. The number of ether oxygens (including phenoxy) is 2. The summed E-state index contributed by atoms with van der Waals surface area (Å²) in [5.74, 6) is -2.58. The van der Waals surface area contributed by atoms with Gasteiger partial charge in [0.1, 0.15) is 0 Å². The van der Waals surface area contributed by atoms with Gasteiger partial charge in [-0.15, -0.1) is 4.91 Å². The van der Waals surface area contributed by atoms with Gasteiger partial charge in [0.25, 0.3) is 5.69 Å². The maximum Gasteiger partial charge on any atom is 0.336 e. The van der Waals surface area contributed by atoms with Crippen LogP contribution in [0.1, 0.15) is 32.3 Å². The SMILES string of the molecule is CCOC(=O)C1=C(C)N(N=O)C(C)=C(C(=O)OC)C1c1cccc([N+](=O)[O-])c1. The Hall–Kier alpha value is -3.56. The quantitative estimate of drug-likeness (QED) is 0.314. The molecule has 0 saturated carbocycles. The zero-order chi connectivity index (χ0) is 21.0.